The van der Waals surface area contributed by atoms with Crippen LogP contribution in [0.3, 0.4) is 0 Å². The van der Waals surface area contributed by atoms with Crippen molar-refractivity contribution in [2.24, 2.45) is 0 Å². The van der Waals surface area contributed by atoms with Crippen LogP contribution >= 0.6 is 0 Å². The molecular formula is C10H20B2O4. The monoisotopic (exact) mass is 226 g/mol. The van der Waals surface area contributed by atoms with Crippen molar-refractivity contribution in [1.82, 2.24) is 0 Å². The predicted molar refractivity (Wildman–Crippen MR) is 62.9 cm³/mol. The Bertz CT molecular complexity index is 197. The van der Waals surface area contributed by atoms with E-state index in [9.17, 15) is 0 Å². The van der Waals surface area contributed by atoms with Crippen molar-refractivity contribution >= 4 is 14.0 Å². The lowest BCUT2D eigenvalue weighted by Crippen LogP contribution is -2.56. The van der Waals surface area contributed by atoms with Gasteiger partial charge in [0.15, 0.2) is 0 Å². The van der Waals surface area contributed by atoms with Crippen LogP contribution < -0.4 is 0 Å². The van der Waals surface area contributed by atoms with E-state index in [4.69, 9.17) is 18.6 Å². The molecule has 4 unspecified atom stereocenters. The van der Waals surface area contributed by atoms with Crippen molar-refractivity contribution in [2.45, 2.75) is 65.0 Å². The largest absolute Gasteiger partial charge is 0.488 e. The number of rotatable bonds is 1. The average Bonchev–Trinajstić information content (AvgIpc) is 2.14. The Morgan fingerprint density at radius 3 is 1.12 bits per heavy atom. The molecule has 2 aliphatic heterocycles. The van der Waals surface area contributed by atoms with Gasteiger partial charge in [-0.15, -0.1) is 0 Å². The molecule has 0 bridgehead atoms. The molecule has 0 amide bonds. The summed E-state index contributed by atoms with van der Waals surface area (Å²) in [5.41, 5.74) is 0. The van der Waals surface area contributed by atoms with Crippen LogP contribution in [-0.2, 0) is 18.6 Å². The lowest BCUT2D eigenvalue weighted by Gasteiger charge is -2.37. The van der Waals surface area contributed by atoms with E-state index in [0.29, 0.717) is 0 Å². The molecule has 6 heteroatoms. The van der Waals surface area contributed by atoms with E-state index < -0.39 is 0 Å². The molecule has 4 nitrogen and oxygen atoms in total. The quantitative estimate of drug-likeness (QED) is 0.634. The Morgan fingerprint density at radius 2 is 0.875 bits per heavy atom. The molecule has 0 N–H and O–H groups in total. The van der Waals surface area contributed by atoms with Crippen LogP contribution in [0.1, 0.15) is 40.5 Å². The maximum atomic E-state index is 5.72. The summed E-state index contributed by atoms with van der Waals surface area (Å²) in [7, 11) is -0.770. The van der Waals surface area contributed by atoms with E-state index >= 15 is 0 Å². The maximum absolute atomic E-state index is 5.72. The van der Waals surface area contributed by atoms with Gasteiger partial charge >= 0.3 is 14.0 Å². The summed E-state index contributed by atoms with van der Waals surface area (Å²) in [5, 5.41) is 0. The van der Waals surface area contributed by atoms with Gasteiger partial charge in [0, 0.05) is 24.4 Å². The highest BCUT2D eigenvalue weighted by atomic mass is 16.7. The Labute approximate surface area is 98.2 Å². The summed E-state index contributed by atoms with van der Waals surface area (Å²) in [6.07, 6.45) is 2.66. The maximum Gasteiger partial charge on any atom is 0.488 e. The average molecular weight is 226 g/mol. The summed E-state index contributed by atoms with van der Waals surface area (Å²) < 4.78 is 22.9. The third-order valence-electron chi connectivity index (χ3n) is 3.02. The molecule has 0 spiro atoms. The van der Waals surface area contributed by atoms with Gasteiger partial charge in [0.25, 0.3) is 0 Å². The summed E-state index contributed by atoms with van der Waals surface area (Å²) in [4.78, 5) is 0. The lowest BCUT2D eigenvalue weighted by atomic mass is 9.47. The summed E-state index contributed by atoms with van der Waals surface area (Å²) >= 11 is 0. The molecule has 0 aromatic carbocycles. The minimum Gasteiger partial charge on any atom is -0.411 e. The van der Waals surface area contributed by atoms with Gasteiger partial charge < -0.3 is 18.6 Å². The van der Waals surface area contributed by atoms with Crippen LogP contribution in [-0.4, -0.2) is 38.4 Å². The highest BCUT2D eigenvalue weighted by Crippen LogP contribution is 2.23. The second-order valence-corrected chi connectivity index (χ2v) is 4.99. The first kappa shape index (κ1) is 12.4. The first-order valence-corrected chi connectivity index (χ1v) is 6.16. The minimum absolute atomic E-state index is 0.202. The van der Waals surface area contributed by atoms with Gasteiger partial charge in [-0.3, -0.25) is 0 Å². The molecular weight excluding hydrogens is 206 g/mol. The standard InChI is InChI=1S/C10H20B2O4/c1-7-5-8(2)14-11(13-7)12-15-9(3)6-10(4)16-12/h7-10H,5-6H2,1-4H3. The Balaban J connectivity index is 1.95. The smallest absolute Gasteiger partial charge is 0.411 e. The van der Waals surface area contributed by atoms with Crippen LogP contribution in [0, 0.1) is 0 Å². The minimum atomic E-state index is -0.385. The van der Waals surface area contributed by atoms with Crippen LogP contribution in [0.25, 0.3) is 0 Å². The lowest BCUT2D eigenvalue weighted by molar-refractivity contribution is 0.00772. The molecule has 90 valence electrons. The zero-order valence-corrected chi connectivity index (χ0v) is 10.5. The molecule has 2 saturated heterocycles. The molecule has 2 rings (SSSR count). The predicted octanol–water partition coefficient (Wildman–Crippen LogP) is 1.47. The van der Waals surface area contributed by atoms with Crippen LogP contribution in [0.4, 0.5) is 0 Å². The fourth-order valence-electron chi connectivity index (χ4n) is 2.39. The highest BCUT2D eigenvalue weighted by Gasteiger charge is 2.47. The second-order valence-electron chi connectivity index (χ2n) is 4.99. The van der Waals surface area contributed by atoms with Gasteiger partial charge in [-0.1, -0.05) is 0 Å². The molecule has 0 aromatic heterocycles. The van der Waals surface area contributed by atoms with Crippen LogP contribution in [0.5, 0.6) is 0 Å². The van der Waals surface area contributed by atoms with Gasteiger partial charge in [0.2, 0.25) is 0 Å². The molecule has 2 fully saturated rings. The first-order chi connectivity index (χ1) is 7.54. The van der Waals surface area contributed by atoms with Gasteiger partial charge in [-0.2, -0.15) is 0 Å². The van der Waals surface area contributed by atoms with Crippen molar-refractivity contribution in [2.75, 3.05) is 0 Å². The van der Waals surface area contributed by atoms with E-state index in [2.05, 4.69) is 27.7 Å². The summed E-state index contributed by atoms with van der Waals surface area (Å²) in [5.74, 6) is 0. The Kier molecular flexibility index (Phi) is 3.95. The number of hydrogen-bond acceptors (Lipinski definition) is 4. The van der Waals surface area contributed by atoms with E-state index in [1.54, 1.807) is 0 Å². The summed E-state index contributed by atoms with van der Waals surface area (Å²) in [6, 6.07) is 0. The van der Waals surface area contributed by atoms with Gasteiger partial charge in [-0.05, 0) is 40.5 Å². The Hall–Kier alpha value is -0.0301. The zero-order chi connectivity index (χ0) is 11.7. The third-order valence-corrected chi connectivity index (χ3v) is 3.02. The van der Waals surface area contributed by atoms with Crippen LogP contribution in [0.2, 0.25) is 0 Å². The second kappa shape index (κ2) is 5.08. The van der Waals surface area contributed by atoms with Crippen molar-refractivity contribution < 1.29 is 18.6 Å². The third kappa shape index (κ3) is 3.00. The molecule has 0 aliphatic carbocycles. The normalized spacial score (nSPS) is 41.2. The zero-order valence-electron chi connectivity index (χ0n) is 10.5. The molecule has 2 aliphatic rings. The van der Waals surface area contributed by atoms with Crippen molar-refractivity contribution in [3.63, 3.8) is 0 Å². The van der Waals surface area contributed by atoms with Gasteiger partial charge in [0.1, 0.15) is 0 Å². The molecule has 16 heavy (non-hydrogen) atoms. The summed E-state index contributed by atoms with van der Waals surface area (Å²) in [6.45, 7) is 8.23. The van der Waals surface area contributed by atoms with Gasteiger partial charge in [-0.25, -0.2) is 0 Å². The van der Waals surface area contributed by atoms with Crippen molar-refractivity contribution in [3.05, 3.63) is 0 Å². The van der Waals surface area contributed by atoms with Gasteiger partial charge in [0.05, 0.1) is 0 Å². The molecule has 0 aromatic rings. The van der Waals surface area contributed by atoms with E-state index in [1.807, 2.05) is 0 Å². The molecule has 4 atom stereocenters. The molecule has 2 heterocycles. The fourth-order valence-corrected chi connectivity index (χ4v) is 2.39. The molecule has 0 radical (unpaired) electrons. The highest BCUT2D eigenvalue weighted by molar-refractivity contribution is 7.10. The topological polar surface area (TPSA) is 36.9 Å². The SMILES string of the molecule is CC1CC(C)OB(B2OC(C)CC(C)O2)O1. The van der Waals surface area contributed by atoms with Crippen molar-refractivity contribution in [3.8, 4) is 0 Å². The van der Waals surface area contributed by atoms with E-state index in [0.717, 1.165) is 12.8 Å². The van der Waals surface area contributed by atoms with E-state index in [1.165, 1.54) is 0 Å². The first-order valence-electron chi connectivity index (χ1n) is 6.16. The van der Waals surface area contributed by atoms with Crippen LogP contribution in [0.15, 0.2) is 0 Å². The van der Waals surface area contributed by atoms with E-state index in [-0.39, 0.29) is 38.4 Å². The fraction of sp³-hybridized carbons (Fsp3) is 1.00. The molecule has 0 saturated carbocycles. The van der Waals surface area contributed by atoms with Crippen molar-refractivity contribution in [1.29, 1.82) is 0 Å². The Morgan fingerprint density at radius 1 is 0.625 bits per heavy atom. The number of hydrogen-bond donors (Lipinski definition) is 0.